The lowest BCUT2D eigenvalue weighted by Crippen LogP contribution is -2.27. The minimum atomic E-state index is -1.57. The topological polar surface area (TPSA) is 52.3 Å². The van der Waals surface area contributed by atoms with E-state index in [4.69, 9.17) is 4.42 Å². The second-order valence-electron chi connectivity index (χ2n) is 4.64. The molecule has 4 nitrogen and oxygen atoms in total. The van der Waals surface area contributed by atoms with E-state index in [1.54, 1.807) is 0 Å². The number of nitrogens with zero attached hydrogens (tertiary/aromatic N) is 2. The van der Waals surface area contributed by atoms with Gasteiger partial charge in [0, 0.05) is 0 Å². The van der Waals surface area contributed by atoms with Crippen LogP contribution in [0.5, 0.6) is 0 Å². The Bertz CT molecular complexity index is 703. The first-order valence-corrected chi connectivity index (χ1v) is 7.99. The molecule has 0 radical (unpaired) electrons. The van der Waals surface area contributed by atoms with Crippen LogP contribution >= 0.6 is 0 Å². The molecule has 0 saturated carbocycles. The van der Waals surface area contributed by atoms with Gasteiger partial charge in [-0.3, -0.25) is 0 Å². The molecule has 7 heteroatoms. The quantitative estimate of drug-likeness (QED) is 0.663. The molecule has 118 valence electrons. The summed E-state index contributed by atoms with van der Waals surface area (Å²) in [5, 5.41) is 0. The van der Waals surface area contributed by atoms with E-state index in [-0.39, 0.29) is 5.75 Å². The van der Waals surface area contributed by atoms with Crippen LogP contribution in [0.4, 0.5) is 20.2 Å². The Balaban J connectivity index is 1.95. The molecule has 1 unspecified atom stereocenters. The van der Waals surface area contributed by atoms with Crippen LogP contribution in [0.15, 0.2) is 65.4 Å². The van der Waals surface area contributed by atoms with Gasteiger partial charge in [-0.15, -0.1) is 0 Å². The van der Waals surface area contributed by atoms with Crippen LogP contribution in [0.3, 0.4) is 0 Å². The highest BCUT2D eigenvalue weighted by atomic mass is 32.2. The zero-order chi connectivity index (χ0) is 16.2. The van der Waals surface area contributed by atoms with Crippen molar-refractivity contribution in [2.75, 3.05) is 4.31 Å². The van der Waals surface area contributed by atoms with Crippen LogP contribution in [0.25, 0.3) is 0 Å². The number of benzene rings is 2. The highest BCUT2D eigenvalue weighted by Gasteiger charge is 2.25. The van der Waals surface area contributed by atoms with E-state index in [1.165, 1.54) is 65.3 Å². The molecule has 1 atom stereocenters. The standard InChI is InChI=1S/C16H12F2N2O2S/c17-12-1-5-14(6-2-12)20(15-7-3-13(18)4-8-15)23(21)11-16-19-9-10-22-16/h1-10H,11H2. The van der Waals surface area contributed by atoms with Crippen LogP contribution in [0, 0.1) is 11.6 Å². The van der Waals surface area contributed by atoms with Gasteiger partial charge in [0.15, 0.2) is 0 Å². The maximum absolute atomic E-state index is 13.1. The summed E-state index contributed by atoms with van der Waals surface area (Å²) in [6.07, 6.45) is 2.86. The van der Waals surface area contributed by atoms with Crippen molar-refractivity contribution in [2.45, 2.75) is 5.75 Å². The Morgan fingerprint density at radius 3 is 1.91 bits per heavy atom. The summed E-state index contributed by atoms with van der Waals surface area (Å²) < 4.78 is 45.6. The molecular weight excluding hydrogens is 322 g/mol. The summed E-state index contributed by atoms with van der Waals surface area (Å²) in [6, 6.07) is 11.1. The fourth-order valence-corrected chi connectivity index (χ4v) is 3.23. The Kier molecular flexibility index (Phi) is 4.59. The SMILES string of the molecule is [O-][S+](Cc1ncco1)N(c1ccc(F)cc1)c1ccc(F)cc1. The molecule has 0 aliphatic rings. The maximum atomic E-state index is 13.1. The Hall–Kier alpha value is -2.38. The van der Waals surface area contributed by atoms with E-state index in [9.17, 15) is 13.3 Å². The van der Waals surface area contributed by atoms with Gasteiger partial charge in [0.05, 0.1) is 28.9 Å². The van der Waals surface area contributed by atoms with E-state index in [1.807, 2.05) is 0 Å². The minimum Gasteiger partial charge on any atom is -0.592 e. The van der Waals surface area contributed by atoms with Crippen LogP contribution in [-0.4, -0.2) is 9.54 Å². The van der Waals surface area contributed by atoms with Crippen molar-refractivity contribution in [1.82, 2.24) is 4.98 Å². The number of halogens is 2. The van der Waals surface area contributed by atoms with E-state index < -0.39 is 23.0 Å². The average molecular weight is 334 g/mol. The van der Waals surface area contributed by atoms with Crippen LogP contribution in [0.1, 0.15) is 5.89 Å². The van der Waals surface area contributed by atoms with E-state index in [0.717, 1.165) is 0 Å². The fraction of sp³-hybridized carbons (Fsp3) is 0.0625. The highest BCUT2D eigenvalue weighted by Crippen LogP contribution is 2.30. The van der Waals surface area contributed by atoms with Crippen LogP contribution in [0.2, 0.25) is 0 Å². The second kappa shape index (κ2) is 6.80. The predicted octanol–water partition coefficient (Wildman–Crippen LogP) is 3.95. The molecule has 0 N–H and O–H groups in total. The largest absolute Gasteiger partial charge is 0.592 e. The van der Waals surface area contributed by atoms with Crippen molar-refractivity contribution in [1.29, 1.82) is 0 Å². The summed E-state index contributed by atoms with van der Waals surface area (Å²) in [4.78, 5) is 3.95. The van der Waals surface area contributed by atoms with Crippen molar-refractivity contribution in [3.63, 3.8) is 0 Å². The van der Waals surface area contributed by atoms with Crippen LogP contribution < -0.4 is 4.31 Å². The molecule has 0 fully saturated rings. The molecule has 0 amide bonds. The zero-order valence-electron chi connectivity index (χ0n) is 11.9. The molecule has 3 rings (SSSR count). The van der Waals surface area contributed by atoms with Gasteiger partial charge in [-0.1, -0.05) is 0 Å². The summed E-state index contributed by atoms with van der Waals surface area (Å²) >= 11 is -1.57. The number of rotatable bonds is 5. The maximum Gasteiger partial charge on any atom is 0.247 e. The van der Waals surface area contributed by atoms with Gasteiger partial charge in [0.1, 0.15) is 17.9 Å². The zero-order valence-corrected chi connectivity index (χ0v) is 12.7. The molecule has 23 heavy (non-hydrogen) atoms. The van der Waals surface area contributed by atoms with E-state index >= 15 is 0 Å². The molecule has 0 saturated heterocycles. The molecular formula is C16H12F2N2O2S. The fourth-order valence-electron chi connectivity index (χ4n) is 2.03. The predicted molar refractivity (Wildman–Crippen MR) is 83.3 cm³/mol. The number of aromatic nitrogens is 1. The minimum absolute atomic E-state index is 0.0434. The number of oxazole rings is 1. The molecule has 1 heterocycles. The molecule has 1 aromatic heterocycles. The lowest BCUT2D eigenvalue weighted by Gasteiger charge is -2.25. The number of hydrogen-bond donors (Lipinski definition) is 0. The lowest BCUT2D eigenvalue weighted by molar-refractivity contribution is 0.508. The summed E-state index contributed by atoms with van der Waals surface area (Å²) in [5.41, 5.74) is 1.03. The smallest absolute Gasteiger partial charge is 0.247 e. The van der Waals surface area contributed by atoms with E-state index in [0.29, 0.717) is 17.3 Å². The van der Waals surface area contributed by atoms with Crippen molar-refractivity contribution in [2.24, 2.45) is 0 Å². The van der Waals surface area contributed by atoms with Gasteiger partial charge in [0.2, 0.25) is 11.6 Å². The molecule has 2 aromatic carbocycles. The van der Waals surface area contributed by atoms with Crippen molar-refractivity contribution >= 4 is 22.7 Å². The highest BCUT2D eigenvalue weighted by molar-refractivity contribution is 7.92. The van der Waals surface area contributed by atoms with Gasteiger partial charge in [-0.05, 0) is 48.5 Å². The van der Waals surface area contributed by atoms with Crippen molar-refractivity contribution in [3.05, 3.63) is 78.5 Å². The van der Waals surface area contributed by atoms with Gasteiger partial charge >= 0.3 is 0 Å². The monoisotopic (exact) mass is 334 g/mol. The molecule has 0 aliphatic carbocycles. The Morgan fingerprint density at radius 2 is 1.48 bits per heavy atom. The number of anilines is 2. The molecule has 0 bridgehead atoms. The summed E-state index contributed by atoms with van der Waals surface area (Å²) in [7, 11) is 0. The van der Waals surface area contributed by atoms with Gasteiger partial charge < -0.3 is 8.97 Å². The van der Waals surface area contributed by atoms with Crippen molar-refractivity contribution < 1.29 is 17.8 Å². The normalized spacial score (nSPS) is 12.1. The summed E-state index contributed by atoms with van der Waals surface area (Å²) in [6.45, 7) is 0. The summed E-state index contributed by atoms with van der Waals surface area (Å²) in [5.74, 6) is -0.433. The van der Waals surface area contributed by atoms with Crippen molar-refractivity contribution in [3.8, 4) is 0 Å². The first-order chi connectivity index (χ1) is 11.1. The van der Waals surface area contributed by atoms with Gasteiger partial charge in [0.25, 0.3) is 0 Å². The average Bonchev–Trinajstić information content (AvgIpc) is 3.04. The third kappa shape index (κ3) is 3.69. The van der Waals surface area contributed by atoms with Gasteiger partial charge in [-0.2, -0.15) is 4.31 Å². The molecule has 0 spiro atoms. The second-order valence-corrected chi connectivity index (χ2v) is 5.94. The Labute approximate surface area is 134 Å². The molecule has 0 aliphatic heterocycles. The first-order valence-electron chi connectivity index (χ1n) is 6.71. The molecule has 3 aromatic rings. The van der Waals surface area contributed by atoms with Gasteiger partial charge in [-0.25, -0.2) is 13.8 Å². The van der Waals surface area contributed by atoms with Crippen LogP contribution in [-0.2, 0) is 17.1 Å². The lowest BCUT2D eigenvalue weighted by atomic mass is 10.2. The third-order valence-electron chi connectivity index (χ3n) is 3.06. The third-order valence-corrected chi connectivity index (χ3v) is 4.38. The number of hydrogen-bond acceptors (Lipinski definition) is 4. The first kappa shape index (κ1) is 15.5. The Morgan fingerprint density at radius 1 is 0.957 bits per heavy atom. The van der Waals surface area contributed by atoms with E-state index in [2.05, 4.69) is 4.98 Å².